The molecule has 8 heteroatoms. The van der Waals surface area contributed by atoms with Crippen molar-refractivity contribution in [2.75, 3.05) is 25.6 Å². The number of hydrogen-bond donors (Lipinski definition) is 2. The van der Waals surface area contributed by atoms with E-state index >= 15 is 0 Å². The minimum atomic E-state index is -0.397. The number of rotatable bonds is 7. The van der Waals surface area contributed by atoms with Gasteiger partial charge in [0.15, 0.2) is 0 Å². The first kappa shape index (κ1) is 14.9. The van der Waals surface area contributed by atoms with E-state index in [1.165, 1.54) is 6.07 Å². The maximum absolute atomic E-state index is 13.6. The molecule has 2 aromatic rings. The zero-order valence-corrected chi connectivity index (χ0v) is 12.4. The zero-order chi connectivity index (χ0) is 14.4. The predicted octanol–water partition coefficient (Wildman–Crippen LogP) is 2.45. The second kappa shape index (κ2) is 7.32. The van der Waals surface area contributed by atoms with Crippen LogP contribution in [0.4, 0.5) is 16.1 Å². The third-order valence-corrected chi connectivity index (χ3v) is 2.89. The first-order chi connectivity index (χ1) is 9.69. The molecule has 0 aliphatic heterocycles. The molecule has 0 bridgehead atoms. The van der Waals surface area contributed by atoms with Crippen LogP contribution in [0.25, 0.3) is 0 Å². The number of benzene rings is 1. The molecule has 108 valence electrons. The Bertz CT molecular complexity index is 564. The fourth-order valence-electron chi connectivity index (χ4n) is 1.45. The lowest BCUT2D eigenvalue weighted by atomic mass is 10.3. The first-order valence-corrected chi connectivity index (χ1v) is 6.72. The van der Waals surface area contributed by atoms with E-state index in [-0.39, 0.29) is 11.7 Å². The Morgan fingerprint density at radius 1 is 1.40 bits per heavy atom. The maximum Gasteiger partial charge on any atom is 0.320 e. The van der Waals surface area contributed by atoms with Crippen molar-refractivity contribution in [1.82, 2.24) is 15.5 Å². The number of methoxy groups -OCH3 is 1. The fraction of sp³-hybridized carbons (Fsp3) is 0.333. The van der Waals surface area contributed by atoms with Crippen LogP contribution < -0.4 is 10.6 Å². The van der Waals surface area contributed by atoms with Crippen LogP contribution in [0.2, 0.25) is 0 Å². The van der Waals surface area contributed by atoms with Gasteiger partial charge in [-0.05, 0) is 18.2 Å². The van der Waals surface area contributed by atoms with Crippen molar-refractivity contribution < 1.29 is 13.5 Å². The normalized spacial score (nSPS) is 10.8. The lowest BCUT2D eigenvalue weighted by Crippen LogP contribution is -2.18. The molecule has 1 aromatic heterocycles. The molecule has 0 fully saturated rings. The van der Waals surface area contributed by atoms with Crippen LogP contribution in [0.5, 0.6) is 0 Å². The molecule has 2 rings (SSSR count). The average Bonchev–Trinajstić information content (AvgIpc) is 2.87. The van der Waals surface area contributed by atoms with Crippen molar-refractivity contribution in [1.29, 1.82) is 0 Å². The van der Waals surface area contributed by atoms with Gasteiger partial charge in [0.2, 0.25) is 5.89 Å². The highest BCUT2D eigenvalue weighted by molar-refractivity contribution is 9.10. The van der Waals surface area contributed by atoms with E-state index in [4.69, 9.17) is 9.15 Å². The molecule has 0 atom stereocenters. The van der Waals surface area contributed by atoms with Crippen LogP contribution in [0.15, 0.2) is 27.1 Å². The minimum absolute atomic E-state index is 0.144. The molecular weight excluding hydrogens is 331 g/mol. The van der Waals surface area contributed by atoms with E-state index in [0.29, 0.717) is 25.6 Å². The Kier molecular flexibility index (Phi) is 5.45. The summed E-state index contributed by atoms with van der Waals surface area (Å²) in [5.74, 6) is 0.0187. The summed E-state index contributed by atoms with van der Waals surface area (Å²) in [5.41, 5.74) is 0.266. The van der Waals surface area contributed by atoms with Gasteiger partial charge in [-0.3, -0.25) is 0 Å². The lowest BCUT2D eigenvalue weighted by Gasteiger charge is -2.03. The molecular formula is C12H14BrFN4O2. The van der Waals surface area contributed by atoms with Crippen LogP contribution in [-0.2, 0) is 11.3 Å². The van der Waals surface area contributed by atoms with Gasteiger partial charge in [-0.25, -0.2) is 4.39 Å². The predicted molar refractivity (Wildman–Crippen MR) is 75.3 cm³/mol. The van der Waals surface area contributed by atoms with E-state index in [1.807, 2.05) is 0 Å². The maximum atomic E-state index is 13.6. The molecule has 0 saturated carbocycles. The number of ether oxygens (including phenoxy) is 1. The summed E-state index contributed by atoms with van der Waals surface area (Å²) in [4.78, 5) is 0. The molecule has 0 saturated heterocycles. The summed E-state index contributed by atoms with van der Waals surface area (Å²) in [6.07, 6.45) is 0. The van der Waals surface area contributed by atoms with Gasteiger partial charge in [-0.15, -0.1) is 5.10 Å². The number of anilines is 2. The number of hydrogen-bond acceptors (Lipinski definition) is 6. The molecule has 2 N–H and O–H groups in total. The SMILES string of the molecule is COCCNCc1nnc(Nc2cc(Br)ccc2F)o1. The van der Waals surface area contributed by atoms with E-state index in [2.05, 4.69) is 36.8 Å². The quantitative estimate of drug-likeness (QED) is 0.751. The van der Waals surface area contributed by atoms with E-state index < -0.39 is 5.82 Å². The van der Waals surface area contributed by atoms with E-state index in [1.54, 1.807) is 19.2 Å². The summed E-state index contributed by atoms with van der Waals surface area (Å²) < 4.78 is 24.5. The Labute approximate surface area is 123 Å². The molecule has 0 radical (unpaired) electrons. The smallest absolute Gasteiger partial charge is 0.320 e. The molecule has 20 heavy (non-hydrogen) atoms. The molecule has 0 spiro atoms. The van der Waals surface area contributed by atoms with Crippen molar-refractivity contribution in [2.45, 2.75) is 6.54 Å². The van der Waals surface area contributed by atoms with Crippen LogP contribution in [0.1, 0.15) is 5.89 Å². The Morgan fingerprint density at radius 3 is 3.05 bits per heavy atom. The van der Waals surface area contributed by atoms with Crippen molar-refractivity contribution in [3.63, 3.8) is 0 Å². The second-order valence-electron chi connectivity index (χ2n) is 3.92. The summed E-state index contributed by atoms with van der Waals surface area (Å²) in [6.45, 7) is 1.71. The Morgan fingerprint density at radius 2 is 2.25 bits per heavy atom. The molecule has 0 aliphatic carbocycles. The molecule has 0 unspecified atom stereocenters. The minimum Gasteiger partial charge on any atom is -0.406 e. The van der Waals surface area contributed by atoms with Crippen molar-refractivity contribution in [2.24, 2.45) is 0 Å². The highest BCUT2D eigenvalue weighted by Crippen LogP contribution is 2.23. The molecule has 6 nitrogen and oxygen atoms in total. The molecule has 1 aromatic carbocycles. The largest absolute Gasteiger partial charge is 0.406 e. The standard InChI is InChI=1S/C12H14BrFN4O2/c1-19-5-4-15-7-11-17-18-12(20-11)16-10-6-8(13)2-3-9(10)14/h2-3,6,15H,4-5,7H2,1H3,(H,16,18). The summed E-state index contributed by atoms with van der Waals surface area (Å²) in [5, 5.41) is 13.5. The third-order valence-electron chi connectivity index (χ3n) is 2.40. The van der Waals surface area contributed by atoms with E-state index in [0.717, 1.165) is 4.47 Å². The van der Waals surface area contributed by atoms with Crippen LogP contribution in [0, 0.1) is 5.82 Å². The monoisotopic (exact) mass is 344 g/mol. The summed E-state index contributed by atoms with van der Waals surface area (Å²) in [6, 6.07) is 4.69. The van der Waals surface area contributed by atoms with Crippen molar-refractivity contribution in [3.05, 3.63) is 34.4 Å². The van der Waals surface area contributed by atoms with Gasteiger partial charge in [0.05, 0.1) is 18.8 Å². The van der Waals surface area contributed by atoms with Crippen molar-refractivity contribution >= 4 is 27.6 Å². The average molecular weight is 345 g/mol. The van der Waals surface area contributed by atoms with Crippen molar-refractivity contribution in [3.8, 4) is 0 Å². The summed E-state index contributed by atoms with van der Waals surface area (Å²) >= 11 is 3.27. The zero-order valence-electron chi connectivity index (χ0n) is 10.8. The lowest BCUT2D eigenvalue weighted by molar-refractivity contribution is 0.198. The van der Waals surface area contributed by atoms with Gasteiger partial charge in [-0.1, -0.05) is 21.0 Å². The Balaban J connectivity index is 1.93. The van der Waals surface area contributed by atoms with Gasteiger partial charge in [-0.2, -0.15) is 0 Å². The van der Waals surface area contributed by atoms with Gasteiger partial charge < -0.3 is 19.8 Å². The van der Waals surface area contributed by atoms with Gasteiger partial charge in [0, 0.05) is 18.1 Å². The summed E-state index contributed by atoms with van der Waals surface area (Å²) in [7, 11) is 1.63. The van der Waals surface area contributed by atoms with Crippen LogP contribution in [0.3, 0.4) is 0 Å². The first-order valence-electron chi connectivity index (χ1n) is 5.93. The highest BCUT2D eigenvalue weighted by Gasteiger charge is 2.09. The van der Waals surface area contributed by atoms with Crippen LogP contribution >= 0.6 is 15.9 Å². The number of halogens is 2. The number of aromatic nitrogens is 2. The van der Waals surface area contributed by atoms with Gasteiger partial charge >= 0.3 is 6.01 Å². The van der Waals surface area contributed by atoms with Crippen LogP contribution in [-0.4, -0.2) is 30.5 Å². The topological polar surface area (TPSA) is 72.2 Å². The number of nitrogens with zero attached hydrogens (tertiary/aromatic N) is 2. The fourth-order valence-corrected chi connectivity index (χ4v) is 1.81. The van der Waals surface area contributed by atoms with Gasteiger partial charge in [0.1, 0.15) is 5.82 Å². The second-order valence-corrected chi connectivity index (χ2v) is 4.84. The molecule has 1 heterocycles. The van der Waals surface area contributed by atoms with Gasteiger partial charge in [0.25, 0.3) is 0 Å². The third kappa shape index (κ3) is 4.26. The number of nitrogens with one attached hydrogen (secondary N) is 2. The molecule has 0 amide bonds. The highest BCUT2D eigenvalue weighted by atomic mass is 79.9. The molecule has 0 aliphatic rings. The Hall–Kier alpha value is -1.51. The van der Waals surface area contributed by atoms with E-state index in [9.17, 15) is 4.39 Å².